The molecular formula is C14H9N5O. The zero-order valence-electron chi connectivity index (χ0n) is 10.4. The van der Waals surface area contributed by atoms with Crippen molar-refractivity contribution >= 4 is 0 Å². The van der Waals surface area contributed by atoms with Crippen molar-refractivity contribution in [3.63, 3.8) is 0 Å². The molecule has 0 aliphatic carbocycles. The zero-order chi connectivity index (χ0) is 13.8. The molecule has 6 nitrogen and oxygen atoms in total. The smallest absolute Gasteiger partial charge is 0.258 e. The van der Waals surface area contributed by atoms with Gasteiger partial charge in [0, 0.05) is 30.6 Å². The zero-order valence-corrected chi connectivity index (χ0v) is 10.4. The minimum atomic E-state index is 0.314. The second kappa shape index (κ2) is 5.28. The third-order valence-corrected chi connectivity index (χ3v) is 2.67. The van der Waals surface area contributed by atoms with E-state index < -0.39 is 0 Å². The van der Waals surface area contributed by atoms with Crippen molar-refractivity contribution in [2.75, 3.05) is 0 Å². The van der Waals surface area contributed by atoms with Crippen molar-refractivity contribution in [2.45, 2.75) is 6.42 Å². The Morgan fingerprint density at radius 1 is 1.25 bits per heavy atom. The summed E-state index contributed by atoms with van der Waals surface area (Å²) in [5.74, 6) is 0.950. The van der Waals surface area contributed by atoms with Gasteiger partial charge >= 0.3 is 0 Å². The van der Waals surface area contributed by atoms with Gasteiger partial charge in [0.05, 0.1) is 0 Å². The predicted molar refractivity (Wildman–Crippen MR) is 69.3 cm³/mol. The van der Waals surface area contributed by atoms with Gasteiger partial charge in [0.1, 0.15) is 11.8 Å². The average Bonchev–Trinajstić information content (AvgIpc) is 2.97. The van der Waals surface area contributed by atoms with Crippen LogP contribution in [0.4, 0.5) is 0 Å². The lowest BCUT2D eigenvalue weighted by Gasteiger charge is -1.94. The van der Waals surface area contributed by atoms with Crippen molar-refractivity contribution < 1.29 is 4.52 Å². The number of nitriles is 1. The SMILES string of the molecule is N#Cc1cc(-c2nc(Cc3cccnc3)no2)ccn1. The monoisotopic (exact) mass is 263 g/mol. The molecule has 3 aromatic heterocycles. The van der Waals surface area contributed by atoms with Crippen LogP contribution in [0.25, 0.3) is 11.5 Å². The molecule has 0 amide bonds. The van der Waals surface area contributed by atoms with Crippen molar-refractivity contribution in [3.05, 3.63) is 59.9 Å². The van der Waals surface area contributed by atoms with Crippen LogP contribution in [0.5, 0.6) is 0 Å². The van der Waals surface area contributed by atoms with Crippen LogP contribution < -0.4 is 0 Å². The van der Waals surface area contributed by atoms with Gasteiger partial charge in [-0.05, 0) is 23.8 Å². The van der Waals surface area contributed by atoms with Crippen molar-refractivity contribution in [1.82, 2.24) is 20.1 Å². The van der Waals surface area contributed by atoms with Crippen LogP contribution in [-0.2, 0) is 6.42 Å². The van der Waals surface area contributed by atoms with Crippen LogP contribution in [0, 0.1) is 11.3 Å². The number of hydrogen-bond donors (Lipinski definition) is 0. The normalized spacial score (nSPS) is 10.2. The summed E-state index contributed by atoms with van der Waals surface area (Å²) in [6.45, 7) is 0. The minimum absolute atomic E-state index is 0.314. The summed E-state index contributed by atoms with van der Waals surface area (Å²) in [4.78, 5) is 12.2. The molecule has 0 spiro atoms. The van der Waals surface area contributed by atoms with E-state index >= 15 is 0 Å². The molecule has 0 saturated carbocycles. The maximum Gasteiger partial charge on any atom is 0.258 e. The van der Waals surface area contributed by atoms with E-state index in [4.69, 9.17) is 9.78 Å². The molecule has 3 rings (SSSR count). The molecular weight excluding hydrogens is 254 g/mol. The number of aromatic nitrogens is 4. The van der Waals surface area contributed by atoms with Crippen LogP contribution in [0.1, 0.15) is 17.1 Å². The first-order chi connectivity index (χ1) is 9.85. The molecule has 0 unspecified atom stereocenters. The minimum Gasteiger partial charge on any atom is -0.334 e. The van der Waals surface area contributed by atoms with Gasteiger partial charge in [0.2, 0.25) is 0 Å². The van der Waals surface area contributed by atoms with E-state index in [9.17, 15) is 0 Å². The Morgan fingerprint density at radius 2 is 2.20 bits per heavy atom. The number of hydrogen-bond acceptors (Lipinski definition) is 6. The molecule has 0 fully saturated rings. The summed E-state index contributed by atoms with van der Waals surface area (Å²) in [6.07, 6.45) is 5.56. The first kappa shape index (κ1) is 12.0. The summed E-state index contributed by atoms with van der Waals surface area (Å²) < 4.78 is 5.20. The van der Waals surface area contributed by atoms with Gasteiger partial charge in [-0.2, -0.15) is 10.2 Å². The van der Waals surface area contributed by atoms with Crippen LogP contribution in [-0.4, -0.2) is 20.1 Å². The van der Waals surface area contributed by atoms with Gasteiger partial charge in [-0.15, -0.1) is 0 Å². The second-order valence-electron chi connectivity index (χ2n) is 4.10. The summed E-state index contributed by atoms with van der Waals surface area (Å²) in [7, 11) is 0. The Labute approximate surface area is 114 Å². The van der Waals surface area contributed by atoms with Crippen molar-refractivity contribution in [2.24, 2.45) is 0 Å². The van der Waals surface area contributed by atoms with Gasteiger partial charge in [0.15, 0.2) is 5.82 Å². The molecule has 20 heavy (non-hydrogen) atoms. The van der Waals surface area contributed by atoms with E-state index in [0.29, 0.717) is 29.4 Å². The molecule has 0 bridgehead atoms. The summed E-state index contributed by atoms with van der Waals surface area (Å²) in [5.41, 5.74) is 2.00. The fraction of sp³-hybridized carbons (Fsp3) is 0.0714. The fourth-order valence-corrected chi connectivity index (χ4v) is 1.75. The summed E-state index contributed by atoms with van der Waals surface area (Å²) >= 11 is 0. The molecule has 0 aliphatic rings. The molecule has 0 N–H and O–H groups in total. The fourth-order valence-electron chi connectivity index (χ4n) is 1.75. The molecule has 0 radical (unpaired) electrons. The Kier molecular flexibility index (Phi) is 3.17. The van der Waals surface area contributed by atoms with E-state index in [1.54, 1.807) is 30.7 Å². The molecule has 3 aromatic rings. The Morgan fingerprint density at radius 3 is 3.00 bits per heavy atom. The summed E-state index contributed by atoms with van der Waals surface area (Å²) in [5, 5.41) is 12.7. The molecule has 3 heterocycles. The molecule has 0 saturated heterocycles. The number of nitrogens with zero attached hydrogens (tertiary/aromatic N) is 5. The number of rotatable bonds is 3. The highest BCUT2D eigenvalue weighted by Crippen LogP contribution is 2.18. The van der Waals surface area contributed by atoms with Gasteiger partial charge < -0.3 is 4.52 Å². The average molecular weight is 263 g/mol. The highest BCUT2D eigenvalue weighted by atomic mass is 16.5. The molecule has 0 atom stereocenters. The van der Waals surface area contributed by atoms with Crippen LogP contribution >= 0.6 is 0 Å². The van der Waals surface area contributed by atoms with Crippen molar-refractivity contribution in [3.8, 4) is 17.5 Å². The maximum absolute atomic E-state index is 8.82. The van der Waals surface area contributed by atoms with Crippen molar-refractivity contribution in [1.29, 1.82) is 5.26 Å². The third kappa shape index (κ3) is 2.52. The lowest BCUT2D eigenvalue weighted by Crippen LogP contribution is -1.91. The van der Waals surface area contributed by atoms with Gasteiger partial charge in [-0.3, -0.25) is 4.98 Å². The van der Waals surface area contributed by atoms with Gasteiger partial charge in [-0.25, -0.2) is 4.98 Å². The standard InChI is InChI=1S/C14H9N5O/c15-8-12-7-11(3-5-17-12)14-18-13(19-20-14)6-10-2-1-4-16-9-10/h1-5,7,9H,6H2. The highest BCUT2D eigenvalue weighted by Gasteiger charge is 2.10. The van der Waals surface area contributed by atoms with E-state index in [1.165, 1.54) is 0 Å². The van der Waals surface area contributed by atoms with E-state index in [2.05, 4.69) is 20.1 Å². The predicted octanol–water partition coefficient (Wildman–Crippen LogP) is 1.99. The Hall–Kier alpha value is -3.07. The first-order valence-electron chi connectivity index (χ1n) is 5.93. The second-order valence-corrected chi connectivity index (χ2v) is 4.10. The first-order valence-corrected chi connectivity index (χ1v) is 5.93. The lowest BCUT2D eigenvalue weighted by atomic mass is 10.2. The maximum atomic E-state index is 8.82. The Balaban J connectivity index is 1.85. The topological polar surface area (TPSA) is 88.5 Å². The molecule has 0 aromatic carbocycles. The van der Waals surface area contributed by atoms with Gasteiger partial charge in [0.25, 0.3) is 5.89 Å². The molecule has 0 aliphatic heterocycles. The van der Waals surface area contributed by atoms with E-state index in [0.717, 1.165) is 5.56 Å². The molecule has 96 valence electrons. The summed E-state index contributed by atoms with van der Waals surface area (Å²) in [6, 6.07) is 9.12. The Bertz CT molecular complexity index is 760. The van der Waals surface area contributed by atoms with Gasteiger partial charge in [-0.1, -0.05) is 11.2 Å². The van der Waals surface area contributed by atoms with Crippen LogP contribution in [0.15, 0.2) is 47.4 Å². The van der Waals surface area contributed by atoms with Crippen LogP contribution in [0.2, 0.25) is 0 Å². The highest BCUT2D eigenvalue weighted by molar-refractivity contribution is 5.54. The number of pyridine rings is 2. The quantitative estimate of drug-likeness (QED) is 0.718. The third-order valence-electron chi connectivity index (χ3n) is 2.67. The van der Waals surface area contributed by atoms with E-state index in [1.807, 2.05) is 18.2 Å². The largest absolute Gasteiger partial charge is 0.334 e. The van der Waals surface area contributed by atoms with E-state index in [-0.39, 0.29) is 0 Å². The van der Waals surface area contributed by atoms with Crippen LogP contribution in [0.3, 0.4) is 0 Å². The lowest BCUT2D eigenvalue weighted by molar-refractivity contribution is 0.424. The molecule has 6 heteroatoms.